The number of benzene rings is 1. The van der Waals surface area contributed by atoms with Gasteiger partial charge in [-0.2, -0.15) is 0 Å². The molecule has 0 aromatic heterocycles. The maximum Gasteiger partial charge on any atom is 0.285 e. The van der Waals surface area contributed by atoms with Gasteiger partial charge in [0, 0.05) is 64.1 Å². The second-order valence-electron chi connectivity index (χ2n) is 7.73. The van der Waals surface area contributed by atoms with Crippen molar-refractivity contribution in [1.82, 2.24) is 0 Å². The second-order valence-corrected chi connectivity index (χ2v) is 7.73. The number of nitrogens with one attached hydrogen (secondary N) is 1. The van der Waals surface area contributed by atoms with Gasteiger partial charge in [-0.05, 0) is 45.2 Å². The average Bonchev–Trinajstić information content (AvgIpc) is 2.91. The molecule has 2 aliphatic rings. The summed E-state index contributed by atoms with van der Waals surface area (Å²) in [6.07, 6.45) is 5.84. The molecule has 1 heterocycles. The topological polar surface area (TPSA) is 29.1 Å². The monoisotopic (exact) mass is 404 g/mol. The van der Waals surface area contributed by atoms with Crippen LogP contribution in [-0.4, -0.2) is 35.6 Å². The number of hydrogen-bond acceptors (Lipinski definition) is 1. The van der Waals surface area contributed by atoms with Crippen LogP contribution in [0.3, 0.4) is 0 Å². The molecule has 1 aromatic carbocycles. The van der Waals surface area contributed by atoms with Gasteiger partial charge >= 0.3 is 0 Å². The van der Waals surface area contributed by atoms with Crippen molar-refractivity contribution in [2.45, 2.75) is 65.3 Å². The summed E-state index contributed by atoms with van der Waals surface area (Å²) in [5, 5.41) is 3.33. The molecule has 1 N–H and O–H groups in total. The molecule has 1 saturated heterocycles. The summed E-state index contributed by atoms with van der Waals surface area (Å²) < 4.78 is 1.02. The van der Waals surface area contributed by atoms with Crippen LogP contribution in [0.4, 0.5) is 5.69 Å². The molecule has 1 amide bonds. The van der Waals surface area contributed by atoms with Crippen molar-refractivity contribution in [3.8, 4) is 0 Å². The van der Waals surface area contributed by atoms with Gasteiger partial charge in [-0.15, -0.1) is 0 Å². The predicted octanol–water partition coefficient (Wildman–Crippen LogP) is 4.10. The van der Waals surface area contributed by atoms with Crippen LogP contribution >= 0.6 is 0 Å². The number of nitrogens with zero attached hydrogens (tertiary/aromatic N) is 1. The molecule has 2 fully saturated rings. The van der Waals surface area contributed by atoms with Gasteiger partial charge in [0.1, 0.15) is 0 Å². The van der Waals surface area contributed by atoms with Crippen LogP contribution in [0.15, 0.2) is 12.1 Å². The molecule has 0 bridgehead atoms. The van der Waals surface area contributed by atoms with Crippen molar-refractivity contribution in [2.24, 2.45) is 0 Å². The van der Waals surface area contributed by atoms with Gasteiger partial charge in [-0.25, -0.2) is 0 Å². The van der Waals surface area contributed by atoms with Crippen molar-refractivity contribution < 1.29 is 42.0 Å². The maximum atomic E-state index is 13.3. The first-order valence-electron chi connectivity index (χ1n) is 9.20. The van der Waals surface area contributed by atoms with E-state index in [1.54, 1.807) is 0 Å². The third-order valence-corrected chi connectivity index (χ3v) is 6.45. The van der Waals surface area contributed by atoms with Crippen molar-refractivity contribution in [3.05, 3.63) is 28.8 Å². The Morgan fingerprint density at radius 1 is 1.08 bits per heavy atom. The van der Waals surface area contributed by atoms with Crippen molar-refractivity contribution in [1.29, 1.82) is 0 Å². The Balaban J connectivity index is 0.00000208. The first-order chi connectivity index (χ1) is 10.9. The van der Waals surface area contributed by atoms with Crippen LogP contribution in [0.25, 0.3) is 0 Å². The Labute approximate surface area is 172 Å². The molecular formula is C20H31N2OY+. The largest absolute Gasteiger partial charge is 0.320 e. The van der Waals surface area contributed by atoms with Gasteiger partial charge in [-0.1, -0.05) is 17.7 Å². The maximum absolute atomic E-state index is 13.3. The number of carbonyl (C=O) groups is 1. The number of aryl methyl sites for hydroxylation is 3. The molecule has 24 heavy (non-hydrogen) atoms. The molecule has 0 atom stereocenters. The van der Waals surface area contributed by atoms with Crippen molar-refractivity contribution >= 4 is 11.6 Å². The number of hydrogen-bond donors (Lipinski definition) is 1. The number of carbonyl (C=O) groups excluding carboxylic acids is 1. The molecular weight excluding hydrogens is 373 g/mol. The predicted molar refractivity (Wildman–Crippen MR) is 95.6 cm³/mol. The number of likely N-dealkylation sites (N-methyl/N-ethyl adjacent to an activating group) is 1. The van der Waals surface area contributed by atoms with Gasteiger partial charge < -0.3 is 9.80 Å². The molecule has 1 aliphatic heterocycles. The molecule has 4 heteroatoms. The van der Waals surface area contributed by atoms with Gasteiger partial charge in [0.2, 0.25) is 0 Å². The zero-order valence-electron chi connectivity index (χ0n) is 15.7. The first-order valence-corrected chi connectivity index (χ1v) is 9.20. The number of quaternary nitrogens is 1. The van der Waals surface area contributed by atoms with Gasteiger partial charge in [0.25, 0.3) is 5.91 Å². The smallest absolute Gasteiger partial charge is 0.285 e. The van der Waals surface area contributed by atoms with Crippen LogP contribution in [0, 0.1) is 20.8 Å². The van der Waals surface area contributed by atoms with Crippen LogP contribution in [0.5, 0.6) is 0 Å². The number of likely N-dealkylation sites (tertiary alicyclic amines) is 1. The zero-order valence-corrected chi connectivity index (χ0v) is 18.6. The van der Waals surface area contributed by atoms with E-state index < -0.39 is 0 Å². The third kappa shape index (κ3) is 3.13. The third-order valence-electron chi connectivity index (χ3n) is 6.45. The van der Waals surface area contributed by atoms with E-state index in [1.165, 1.54) is 49.0 Å². The standard InChI is InChI=1S/C20H30N2O.Y/c1-5-22(11-6-7-12-22)20(9-8-10-20)19(23)21-18-16(3)13-15(2)14-17(18)4;/h13-14H,5-12H2,1-4H3;/p+1. The minimum Gasteiger partial charge on any atom is -0.320 e. The second kappa shape index (κ2) is 7.55. The summed E-state index contributed by atoms with van der Waals surface area (Å²) in [7, 11) is 0. The minimum atomic E-state index is -0.172. The average molecular weight is 404 g/mol. The Bertz CT molecular complexity index is 593. The fourth-order valence-corrected chi connectivity index (χ4v) is 5.02. The SMILES string of the molecule is CC[N+]1(C2(C(=O)Nc3c(C)cc(C)cc3C)CCC2)CCCC1.[Y]. The van der Waals surface area contributed by atoms with E-state index in [-0.39, 0.29) is 44.2 Å². The zero-order chi connectivity index (χ0) is 16.7. The fraction of sp³-hybridized carbons (Fsp3) is 0.650. The van der Waals surface area contributed by atoms with E-state index in [4.69, 9.17) is 0 Å². The minimum absolute atomic E-state index is 0. The molecule has 1 aromatic rings. The molecule has 1 aliphatic carbocycles. The Kier molecular flexibility index (Phi) is 6.32. The van der Waals surface area contributed by atoms with E-state index in [0.717, 1.165) is 29.6 Å². The summed E-state index contributed by atoms with van der Waals surface area (Å²) in [5.74, 6) is 0.266. The number of anilines is 1. The Morgan fingerprint density at radius 3 is 2.04 bits per heavy atom. The number of rotatable bonds is 4. The normalized spacial score (nSPS) is 20.8. The first kappa shape index (κ1) is 20.1. The van der Waals surface area contributed by atoms with E-state index in [0.29, 0.717) is 0 Å². The van der Waals surface area contributed by atoms with E-state index >= 15 is 0 Å². The van der Waals surface area contributed by atoms with Crippen LogP contribution in [0.1, 0.15) is 55.7 Å². The molecule has 3 nitrogen and oxygen atoms in total. The van der Waals surface area contributed by atoms with Crippen molar-refractivity contribution in [2.75, 3.05) is 25.0 Å². The van der Waals surface area contributed by atoms with Crippen molar-refractivity contribution in [3.63, 3.8) is 0 Å². The van der Waals surface area contributed by atoms with Crippen LogP contribution in [0.2, 0.25) is 0 Å². The van der Waals surface area contributed by atoms with E-state index in [9.17, 15) is 4.79 Å². The van der Waals surface area contributed by atoms with E-state index in [2.05, 4.69) is 45.1 Å². The summed E-state index contributed by atoms with van der Waals surface area (Å²) in [4.78, 5) is 13.3. The molecule has 0 spiro atoms. The fourth-order valence-electron chi connectivity index (χ4n) is 5.02. The number of amides is 1. The summed E-state index contributed by atoms with van der Waals surface area (Å²) in [6, 6.07) is 4.33. The molecule has 3 rings (SSSR count). The quantitative estimate of drug-likeness (QED) is 0.753. The van der Waals surface area contributed by atoms with Gasteiger partial charge in [0.05, 0.1) is 19.6 Å². The Hall–Kier alpha value is -0.246. The van der Waals surface area contributed by atoms with E-state index in [1.807, 2.05) is 0 Å². The summed E-state index contributed by atoms with van der Waals surface area (Å²) >= 11 is 0. The van der Waals surface area contributed by atoms with Gasteiger partial charge in [-0.3, -0.25) is 4.79 Å². The molecule has 1 radical (unpaired) electrons. The van der Waals surface area contributed by atoms with Gasteiger partial charge in [0.15, 0.2) is 5.54 Å². The summed E-state index contributed by atoms with van der Waals surface area (Å²) in [6.45, 7) is 12.0. The Morgan fingerprint density at radius 2 is 1.62 bits per heavy atom. The van der Waals surface area contributed by atoms with Crippen LogP contribution in [-0.2, 0) is 37.5 Å². The molecule has 0 unspecified atom stereocenters. The molecule has 1 saturated carbocycles. The van der Waals surface area contributed by atoms with Crippen LogP contribution < -0.4 is 5.32 Å². The summed E-state index contributed by atoms with van der Waals surface area (Å²) in [5.41, 5.74) is 4.47. The molecule has 129 valence electrons.